The number of hydrogen-bond donors (Lipinski definition) is 2. The molecule has 2 aliphatic rings. The van der Waals surface area contributed by atoms with Crippen LogP contribution in [-0.4, -0.2) is 63.3 Å². The summed E-state index contributed by atoms with van der Waals surface area (Å²) in [5.41, 5.74) is 0.692. The highest BCUT2D eigenvalue weighted by Crippen LogP contribution is 2.49. The summed E-state index contributed by atoms with van der Waals surface area (Å²) in [5.74, 6) is 0.724. The summed E-state index contributed by atoms with van der Waals surface area (Å²) in [7, 11) is 1.75. The quantitative estimate of drug-likeness (QED) is 0.514. The molecule has 1 heterocycles. The van der Waals surface area contributed by atoms with E-state index in [-0.39, 0.29) is 11.2 Å². The van der Waals surface area contributed by atoms with Crippen LogP contribution in [0.4, 0.5) is 4.39 Å². The zero-order valence-electron chi connectivity index (χ0n) is 16.6. The van der Waals surface area contributed by atoms with Gasteiger partial charge in [-0.25, -0.2) is 4.39 Å². The number of likely N-dealkylation sites (tertiary alicyclic amines) is 1. The molecule has 5 nitrogen and oxygen atoms in total. The summed E-state index contributed by atoms with van der Waals surface area (Å²) in [5, 5.41) is 6.83. The minimum absolute atomic E-state index is 0.108. The molecule has 150 valence electrons. The molecule has 1 atom stereocenters. The van der Waals surface area contributed by atoms with Crippen molar-refractivity contribution in [3.8, 4) is 0 Å². The SMILES string of the molecule is CCNC(=NCC1(c2ccccc2F)CC1)NCC1CCCN1CCOC. The molecule has 1 aromatic carbocycles. The van der Waals surface area contributed by atoms with E-state index in [1.54, 1.807) is 19.2 Å². The first kappa shape index (κ1) is 20.1. The Morgan fingerprint density at radius 2 is 2.15 bits per heavy atom. The van der Waals surface area contributed by atoms with E-state index in [2.05, 4.69) is 22.5 Å². The van der Waals surface area contributed by atoms with Crippen molar-refractivity contribution < 1.29 is 9.13 Å². The smallest absolute Gasteiger partial charge is 0.191 e. The molecular formula is C21H33FN4O. The van der Waals surface area contributed by atoms with Crippen molar-refractivity contribution in [2.24, 2.45) is 4.99 Å². The van der Waals surface area contributed by atoms with Crippen LogP contribution in [0, 0.1) is 5.82 Å². The standard InChI is InChI=1S/C21H33FN4O/c1-3-23-20(24-15-17-7-6-12-26(17)13-14-27-2)25-16-21(10-11-21)18-8-4-5-9-19(18)22/h4-5,8-9,17H,3,6-7,10-16H2,1-2H3,(H2,23,24,25). The van der Waals surface area contributed by atoms with Crippen molar-refractivity contribution in [3.63, 3.8) is 0 Å². The predicted molar refractivity (Wildman–Crippen MR) is 108 cm³/mol. The van der Waals surface area contributed by atoms with Crippen molar-refractivity contribution in [1.29, 1.82) is 0 Å². The fourth-order valence-corrected chi connectivity index (χ4v) is 3.97. The lowest BCUT2D eigenvalue weighted by molar-refractivity contribution is 0.141. The Kier molecular flexibility index (Phi) is 7.07. The number of hydrogen-bond acceptors (Lipinski definition) is 3. The summed E-state index contributed by atoms with van der Waals surface area (Å²) in [6, 6.07) is 7.65. The molecule has 0 amide bonds. The largest absolute Gasteiger partial charge is 0.383 e. The van der Waals surface area contributed by atoms with Crippen LogP contribution >= 0.6 is 0 Å². The molecule has 0 aromatic heterocycles. The number of halogens is 1. The maximum Gasteiger partial charge on any atom is 0.191 e. The van der Waals surface area contributed by atoms with Gasteiger partial charge in [-0.05, 0) is 50.8 Å². The zero-order chi connectivity index (χ0) is 19.1. The van der Waals surface area contributed by atoms with E-state index in [4.69, 9.17) is 9.73 Å². The van der Waals surface area contributed by atoms with E-state index in [0.29, 0.717) is 12.6 Å². The molecular weight excluding hydrogens is 343 g/mol. The first-order chi connectivity index (χ1) is 13.2. The Morgan fingerprint density at radius 1 is 1.33 bits per heavy atom. The fourth-order valence-electron chi connectivity index (χ4n) is 3.97. The molecule has 1 aromatic rings. The highest BCUT2D eigenvalue weighted by molar-refractivity contribution is 5.79. The van der Waals surface area contributed by atoms with Gasteiger partial charge in [0.05, 0.1) is 13.2 Å². The molecule has 6 heteroatoms. The first-order valence-electron chi connectivity index (χ1n) is 10.2. The van der Waals surface area contributed by atoms with Crippen LogP contribution in [0.3, 0.4) is 0 Å². The second-order valence-electron chi connectivity index (χ2n) is 7.66. The summed E-state index contributed by atoms with van der Waals surface area (Å²) < 4.78 is 19.4. The highest BCUT2D eigenvalue weighted by Gasteiger charge is 2.45. The van der Waals surface area contributed by atoms with E-state index >= 15 is 0 Å². The summed E-state index contributed by atoms with van der Waals surface area (Å²) >= 11 is 0. The Bertz CT molecular complexity index is 632. The average Bonchev–Trinajstić information content (AvgIpc) is 3.33. The monoisotopic (exact) mass is 376 g/mol. The third kappa shape index (κ3) is 5.20. The number of nitrogens with one attached hydrogen (secondary N) is 2. The maximum atomic E-state index is 14.2. The zero-order valence-corrected chi connectivity index (χ0v) is 16.6. The summed E-state index contributed by atoms with van der Waals surface area (Å²) in [6.45, 7) is 7.28. The van der Waals surface area contributed by atoms with Crippen LogP contribution in [0.2, 0.25) is 0 Å². The Hall–Kier alpha value is -1.66. The van der Waals surface area contributed by atoms with Crippen LogP contribution in [0.15, 0.2) is 29.3 Å². The van der Waals surface area contributed by atoms with Crippen LogP contribution in [0.25, 0.3) is 0 Å². The molecule has 2 fully saturated rings. The van der Waals surface area contributed by atoms with Gasteiger partial charge in [-0.2, -0.15) is 0 Å². The Balaban J connectivity index is 1.58. The average molecular weight is 377 g/mol. The molecule has 27 heavy (non-hydrogen) atoms. The van der Waals surface area contributed by atoms with Crippen LogP contribution in [0.1, 0.15) is 38.2 Å². The molecule has 0 radical (unpaired) electrons. The van der Waals surface area contributed by atoms with Crippen molar-refractivity contribution in [2.45, 2.75) is 44.1 Å². The fraction of sp³-hybridized carbons (Fsp3) is 0.667. The van der Waals surface area contributed by atoms with E-state index < -0.39 is 0 Å². The summed E-state index contributed by atoms with van der Waals surface area (Å²) in [6.07, 6.45) is 4.45. The molecule has 2 N–H and O–H groups in total. The van der Waals surface area contributed by atoms with Gasteiger partial charge < -0.3 is 15.4 Å². The van der Waals surface area contributed by atoms with Gasteiger partial charge in [0.15, 0.2) is 5.96 Å². The van der Waals surface area contributed by atoms with Gasteiger partial charge in [0.25, 0.3) is 0 Å². The van der Waals surface area contributed by atoms with E-state index in [0.717, 1.165) is 57.2 Å². The highest BCUT2D eigenvalue weighted by atomic mass is 19.1. The number of nitrogens with zero attached hydrogens (tertiary/aromatic N) is 2. The molecule has 0 bridgehead atoms. The van der Waals surface area contributed by atoms with Crippen LogP contribution in [0.5, 0.6) is 0 Å². The van der Waals surface area contributed by atoms with Gasteiger partial charge in [0.1, 0.15) is 5.82 Å². The lowest BCUT2D eigenvalue weighted by atomic mass is 9.95. The molecule has 1 saturated heterocycles. The van der Waals surface area contributed by atoms with Crippen LogP contribution in [-0.2, 0) is 10.2 Å². The van der Waals surface area contributed by atoms with Crippen molar-refractivity contribution in [1.82, 2.24) is 15.5 Å². The van der Waals surface area contributed by atoms with Crippen LogP contribution < -0.4 is 10.6 Å². The predicted octanol–water partition coefficient (Wildman–Crippen LogP) is 2.52. The minimum Gasteiger partial charge on any atom is -0.383 e. The third-order valence-electron chi connectivity index (χ3n) is 5.77. The molecule has 3 rings (SSSR count). The maximum absolute atomic E-state index is 14.2. The van der Waals surface area contributed by atoms with Gasteiger partial charge in [0.2, 0.25) is 0 Å². The number of rotatable bonds is 9. The number of guanidine groups is 1. The van der Waals surface area contributed by atoms with Gasteiger partial charge in [-0.3, -0.25) is 9.89 Å². The second-order valence-corrected chi connectivity index (χ2v) is 7.66. The molecule has 1 unspecified atom stereocenters. The molecule has 0 spiro atoms. The number of ether oxygens (including phenoxy) is 1. The molecule has 1 aliphatic carbocycles. The number of methoxy groups -OCH3 is 1. The minimum atomic E-state index is -0.119. The van der Waals surface area contributed by atoms with Crippen molar-refractivity contribution in [2.75, 3.05) is 46.4 Å². The third-order valence-corrected chi connectivity index (χ3v) is 5.77. The van der Waals surface area contributed by atoms with Crippen molar-refractivity contribution >= 4 is 5.96 Å². The van der Waals surface area contributed by atoms with E-state index in [1.165, 1.54) is 12.8 Å². The lowest BCUT2D eigenvalue weighted by Crippen LogP contribution is -2.45. The van der Waals surface area contributed by atoms with E-state index in [9.17, 15) is 4.39 Å². The van der Waals surface area contributed by atoms with Gasteiger partial charge in [-0.15, -0.1) is 0 Å². The number of aliphatic imine (C=N–C) groups is 1. The van der Waals surface area contributed by atoms with Crippen molar-refractivity contribution in [3.05, 3.63) is 35.6 Å². The van der Waals surface area contributed by atoms with Gasteiger partial charge >= 0.3 is 0 Å². The van der Waals surface area contributed by atoms with Gasteiger partial charge in [-0.1, -0.05) is 18.2 Å². The summed E-state index contributed by atoms with van der Waals surface area (Å²) in [4.78, 5) is 7.29. The topological polar surface area (TPSA) is 48.9 Å². The normalized spacial score (nSPS) is 22.0. The molecule has 1 saturated carbocycles. The second kappa shape index (κ2) is 9.51. The lowest BCUT2D eigenvalue weighted by Gasteiger charge is -2.25. The molecule has 1 aliphatic heterocycles. The van der Waals surface area contributed by atoms with Gasteiger partial charge in [0, 0.05) is 38.2 Å². The number of benzene rings is 1. The Labute approximate surface area is 162 Å². The Morgan fingerprint density at radius 3 is 2.85 bits per heavy atom. The van der Waals surface area contributed by atoms with E-state index in [1.807, 2.05) is 12.1 Å². The first-order valence-corrected chi connectivity index (χ1v) is 10.2.